The number of anilines is 1. The second kappa shape index (κ2) is 8.19. The smallest absolute Gasteiger partial charge is 0.319 e. The van der Waals surface area contributed by atoms with Gasteiger partial charge >= 0.3 is 6.03 Å². The molecule has 1 aromatic carbocycles. The first-order valence-electron chi connectivity index (χ1n) is 6.91. The second-order valence-electron chi connectivity index (χ2n) is 5.06. The highest BCUT2D eigenvalue weighted by molar-refractivity contribution is 5.92. The van der Waals surface area contributed by atoms with Gasteiger partial charge in [0.2, 0.25) is 5.91 Å². The predicted octanol–water partition coefficient (Wildman–Crippen LogP) is 2.14. The number of hydrogen-bond acceptors (Lipinski definition) is 2. The standard InChI is InChI=1S/C15H23N3O2/c1-4-12-6-5-7-13(8-12)18-15(20)17-10-14(19)16-9-11(2)3/h5-8,11H,4,9-10H2,1-3H3,(H,16,19)(H2,17,18,20). The van der Waals surface area contributed by atoms with Crippen molar-refractivity contribution in [1.82, 2.24) is 10.6 Å². The predicted molar refractivity (Wildman–Crippen MR) is 80.7 cm³/mol. The van der Waals surface area contributed by atoms with E-state index < -0.39 is 0 Å². The van der Waals surface area contributed by atoms with Gasteiger partial charge in [0, 0.05) is 12.2 Å². The first-order chi connectivity index (χ1) is 9.51. The summed E-state index contributed by atoms with van der Waals surface area (Å²) in [6, 6.07) is 7.25. The zero-order chi connectivity index (χ0) is 15.0. The van der Waals surface area contributed by atoms with Crippen LogP contribution in [0.3, 0.4) is 0 Å². The van der Waals surface area contributed by atoms with Gasteiger partial charge in [-0.3, -0.25) is 4.79 Å². The quantitative estimate of drug-likeness (QED) is 0.745. The number of aryl methyl sites for hydroxylation is 1. The summed E-state index contributed by atoms with van der Waals surface area (Å²) in [6.45, 7) is 6.67. The lowest BCUT2D eigenvalue weighted by Crippen LogP contribution is -2.40. The molecule has 1 aromatic rings. The maximum absolute atomic E-state index is 11.7. The molecule has 0 spiro atoms. The van der Waals surface area contributed by atoms with Gasteiger partial charge in [0.1, 0.15) is 0 Å². The van der Waals surface area contributed by atoms with Crippen LogP contribution in [0.1, 0.15) is 26.3 Å². The number of carbonyl (C=O) groups excluding carboxylic acids is 2. The summed E-state index contributed by atoms with van der Waals surface area (Å²) in [6.07, 6.45) is 0.911. The Hall–Kier alpha value is -2.04. The van der Waals surface area contributed by atoms with E-state index in [2.05, 4.69) is 22.9 Å². The van der Waals surface area contributed by atoms with E-state index in [9.17, 15) is 9.59 Å². The minimum atomic E-state index is -0.377. The number of nitrogens with one attached hydrogen (secondary N) is 3. The Bertz CT molecular complexity index is 458. The molecule has 0 aliphatic heterocycles. The number of rotatable bonds is 6. The van der Waals surface area contributed by atoms with Crippen molar-refractivity contribution in [3.05, 3.63) is 29.8 Å². The Balaban J connectivity index is 2.34. The van der Waals surface area contributed by atoms with E-state index in [0.29, 0.717) is 12.5 Å². The normalized spacial score (nSPS) is 10.2. The highest BCUT2D eigenvalue weighted by Crippen LogP contribution is 2.10. The SMILES string of the molecule is CCc1cccc(NC(=O)NCC(=O)NCC(C)C)c1. The van der Waals surface area contributed by atoms with Gasteiger partial charge in [-0.1, -0.05) is 32.9 Å². The van der Waals surface area contributed by atoms with Gasteiger partial charge in [-0.05, 0) is 30.0 Å². The van der Waals surface area contributed by atoms with Crippen LogP contribution in [0.4, 0.5) is 10.5 Å². The lowest BCUT2D eigenvalue weighted by atomic mass is 10.1. The number of carbonyl (C=O) groups is 2. The van der Waals surface area contributed by atoms with E-state index in [-0.39, 0.29) is 18.5 Å². The average molecular weight is 277 g/mol. The molecular formula is C15H23N3O2. The lowest BCUT2D eigenvalue weighted by Gasteiger charge is -2.10. The molecule has 0 saturated carbocycles. The molecule has 0 radical (unpaired) electrons. The van der Waals surface area contributed by atoms with Crippen LogP contribution in [-0.2, 0) is 11.2 Å². The van der Waals surface area contributed by atoms with Crippen molar-refractivity contribution in [1.29, 1.82) is 0 Å². The minimum absolute atomic E-state index is 0.0218. The summed E-state index contributed by atoms with van der Waals surface area (Å²) in [5.41, 5.74) is 1.88. The highest BCUT2D eigenvalue weighted by Gasteiger charge is 2.06. The third-order valence-corrected chi connectivity index (χ3v) is 2.71. The zero-order valence-electron chi connectivity index (χ0n) is 12.3. The molecule has 0 heterocycles. The molecular weight excluding hydrogens is 254 g/mol. The van der Waals surface area contributed by atoms with Crippen LogP contribution in [0.2, 0.25) is 0 Å². The van der Waals surface area contributed by atoms with Crippen molar-refractivity contribution < 1.29 is 9.59 Å². The summed E-state index contributed by atoms with van der Waals surface area (Å²) in [7, 11) is 0. The van der Waals surface area contributed by atoms with Crippen molar-refractivity contribution in [2.45, 2.75) is 27.2 Å². The van der Waals surface area contributed by atoms with E-state index in [1.807, 2.05) is 38.1 Å². The van der Waals surface area contributed by atoms with Crippen LogP contribution >= 0.6 is 0 Å². The first-order valence-corrected chi connectivity index (χ1v) is 6.91. The molecule has 0 atom stereocenters. The van der Waals surface area contributed by atoms with E-state index in [1.165, 1.54) is 0 Å². The summed E-state index contributed by atoms with van der Waals surface area (Å²) in [4.78, 5) is 23.1. The Kier molecular flexibility index (Phi) is 6.56. The molecule has 5 heteroatoms. The maximum Gasteiger partial charge on any atom is 0.319 e. The third kappa shape index (κ3) is 6.22. The van der Waals surface area contributed by atoms with Crippen molar-refractivity contribution in [2.75, 3.05) is 18.4 Å². The fourth-order valence-corrected chi connectivity index (χ4v) is 1.59. The van der Waals surface area contributed by atoms with Gasteiger partial charge in [-0.2, -0.15) is 0 Å². The van der Waals surface area contributed by atoms with Crippen LogP contribution in [0.15, 0.2) is 24.3 Å². The van der Waals surface area contributed by atoms with E-state index >= 15 is 0 Å². The molecule has 0 fully saturated rings. The van der Waals surface area contributed by atoms with Crippen LogP contribution in [-0.4, -0.2) is 25.0 Å². The molecule has 3 N–H and O–H groups in total. The van der Waals surface area contributed by atoms with E-state index in [4.69, 9.17) is 0 Å². The topological polar surface area (TPSA) is 70.2 Å². The van der Waals surface area contributed by atoms with E-state index in [0.717, 1.165) is 17.7 Å². The summed E-state index contributed by atoms with van der Waals surface area (Å²) >= 11 is 0. The zero-order valence-corrected chi connectivity index (χ0v) is 12.3. The van der Waals surface area contributed by atoms with Gasteiger partial charge in [-0.25, -0.2) is 4.79 Å². The third-order valence-electron chi connectivity index (χ3n) is 2.71. The maximum atomic E-state index is 11.7. The Labute approximate surface area is 120 Å². The number of urea groups is 1. The fourth-order valence-electron chi connectivity index (χ4n) is 1.59. The minimum Gasteiger partial charge on any atom is -0.354 e. The molecule has 0 bridgehead atoms. The largest absolute Gasteiger partial charge is 0.354 e. The molecule has 5 nitrogen and oxygen atoms in total. The first kappa shape index (κ1) is 16.0. The monoisotopic (exact) mass is 277 g/mol. The Morgan fingerprint density at radius 1 is 1.20 bits per heavy atom. The molecule has 20 heavy (non-hydrogen) atoms. The summed E-state index contributed by atoms with van der Waals surface area (Å²) in [5.74, 6) is 0.209. The molecule has 0 saturated heterocycles. The van der Waals surface area contributed by atoms with Gasteiger partial charge in [0.15, 0.2) is 0 Å². The Morgan fingerprint density at radius 2 is 1.95 bits per heavy atom. The molecule has 110 valence electrons. The number of benzene rings is 1. The van der Waals surface area contributed by atoms with Crippen molar-refractivity contribution in [3.8, 4) is 0 Å². The van der Waals surface area contributed by atoms with Crippen molar-refractivity contribution >= 4 is 17.6 Å². The van der Waals surface area contributed by atoms with Gasteiger partial charge in [-0.15, -0.1) is 0 Å². The van der Waals surface area contributed by atoms with Gasteiger partial charge in [0.25, 0.3) is 0 Å². The van der Waals surface area contributed by atoms with Crippen molar-refractivity contribution in [2.24, 2.45) is 5.92 Å². The highest BCUT2D eigenvalue weighted by atomic mass is 16.2. The molecule has 0 unspecified atom stereocenters. The van der Waals surface area contributed by atoms with E-state index in [1.54, 1.807) is 0 Å². The van der Waals surface area contributed by atoms with Gasteiger partial charge < -0.3 is 16.0 Å². The lowest BCUT2D eigenvalue weighted by molar-refractivity contribution is -0.120. The summed E-state index contributed by atoms with van der Waals surface area (Å²) in [5, 5.41) is 7.97. The van der Waals surface area contributed by atoms with Crippen LogP contribution in [0, 0.1) is 5.92 Å². The summed E-state index contributed by atoms with van der Waals surface area (Å²) < 4.78 is 0. The molecule has 0 aromatic heterocycles. The van der Waals surface area contributed by atoms with Crippen LogP contribution in [0.25, 0.3) is 0 Å². The molecule has 3 amide bonds. The van der Waals surface area contributed by atoms with Crippen LogP contribution in [0.5, 0.6) is 0 Å². The second-order valence-corrected chi connectivity index (χ2v) is 5.06. The van der Waals surface area contributed by atoms with Gasteiger partial charge in [0.05, 0.1) is 6.54 Å². The number of amides is 3. The number of hydrogen-bond donors (Lipinski definition) is 3. The molecule has 1 rings (SSSR count). The van der Waals surface area contributed by atoms with Crippen molar-refractivity contribution in [3.63, 3.8) is 0 Å². The van der Waals surface area contributed by atoms with Crippen LogP contribution < -0.4 is 16.0 Å². The molecule has 0 aliphatic carbocycles. The average Bonchev–Trinajstić information content (AvgIpc) is 2.43. The Morgan fingerprint density at radius 3 is 2.60 bits per heavy atom. The molecule has 0 aliphatic rings. The fraction of sp³-hybridized carbons (Fsp3) is 0.467.